The summed E-state index contributed by atoms with van der Waals surface area (Å²) < 4.78 is 43.6. The molecule has 5 heterocycles. The van der Waals surface area contributed by atoms with Crippen LogP contribution in [0.3, 0.4) is 0 Å². The summed E-state index contributed by atoms with van der Waals surface area (Å²) >= 11 is 0. The van der Waals surface area contributed by atoms with Crippen molar-refractivity contribution in [3.63, 3.8) is 0 Å². The molecular formula is C30H31FN8O4S. The Morgan fingerprint density at radius 2 is 1.55 bits per heavy atom. The number of benzene rings is 1. The van der Waals surface area contributed by atoms with E-state index in [1.54, 1.807) is 42.7 Å². The second-order valence-corrected chi connectivity index (χ2v) is 12.4. The van der Waals surface area contributed by atoms with Crippen LogP contribution in [0.15, 0.2) is 78.2 Å². The highest BCUT2D eigenvalue weighted by Gasteiger charge is 2.33. The summed E-state index contributed by atoms with van der Waals surface area (Å²) in [7, 11) is -3.84. The zero-order valence-electron chi connectivity index (χ0n) is 24.2. The normalized spacial score (nSPS) is 17.3. The van der Waals surface area contributed by atoms with E-state index in [1.807, 2.05) is 11.8 Å². The predicted molar refractivity (Wildman–Crippen MR) is 163 cm³/mol. The van der Waals surface area contributed by atoms with Gasteiger partial charge < -0.3 is 20.0 Å². The fourth-order valence-electron chi connectivity index (χ4n) is 5.09. The summed E-state index contributed by atoms with van der Waals surface area (Å²) in [4.78, 5) is 36.5. The van der Waals surface area contributed by atoms with Gasteiger partial charge in [-0.3, -0.25) is 8.98 Å². The zero-order valence-corrected chi connectivity index (χ0v) is 25.0. The summed E-state index contributed by atoms with van der Waals surface area (Å²) in [5.74, 6) is 1.18. The molecule has 228 valence electrons. The number of carbonyl (C=O) groups is 1. The van der Waals surface area contributed by atoms with Gasteiger partial charge in [-0.05, 0) is 50.2 Å². The zero-order chi connectivity index (χ0) is 30.8. The highest BCUT2D eigenvalue weighted by atomic mass is 32.2. The van der Waals surface area contributed by atoms with Crippen molar-refractivity contribution in [2.45, 2.75) is 30.9 Å². The fourth-order valence-corrected chi connectivity index (χ4v) is 6.15. The Labute approximate surface area is 254 Å². The molecule has 14 heteroatoms. The second kappa shape index (κ2) is 12.1. The average Bonchev–Trinajstić information content (AvgIpc) is 3.00. The van der Waals surface area contributed by atoms with Crippen LogP contribution in [0.5, 0.6) is 0 Å². The standard InChI is InChI=1S/C30H31FN8O4S/c1-20-3-7-26(8-4-20)44(41,42)43-25-18-38(19-25)28-9-5-22(13-32-28)29(40)36-24-15-34-30(35-16-24)39-12-11-37(17-21(39)2)27-10-6-23(31)14-33-27/h3-10,13-16,21,25H,11-12,17-19H2,1-2H3,(H,36,40)/t21-/m1/s1. The lowest BCUT2D eigenvalue weighted by Crippen LogP contribution is -2.53. The fraction of sp³-hybridized carbons (Fsp3) is 0.300. The molecule has 2 aliphatic rings. The molecule has 0 unspecified atom stereocenters. The third-order valence-electron chi connectivity index (χ3n) is 7.57. The van der Waals surface area contributed by atoms with Crippen molar-refractivity contribution in [2.24, 2.45) is 0 Å². The van der Waals surface area contributed by atoms with E-state index in [1.165, 1.54) is 30.6 Å². The highest BCUT2D eigenvalue weighted by molar-refractivity contribution is 7.86. The lowest BCUT2D eigenvalue weighted by atomic mass is 10.1. The molecule has 2 aliphatic heterocycles. The van der Waals surface area contributed by atoms with Gasteiger partial charge in [0, 0.05) is 45.0 Å². The molecule has 3 aromatic heterocycles. The van der Waals surface area contributed by atoms with Crippen molar-refractivity contribution in [2.75, 3.05) is 52.7 Å². The number of hydrogen-bond donors (Lipinski definition) is 1. The number of hydrogen-bond acceptors (Lipinski definition) is 11. The number of pyridine rings is 2. The minimum Gasteiger partial charge on any atom is -0.353 e. The Morgan fingerprint density at radius 3 is 2.18 bits per heavy atom. The van der Waals surface area contributed by atoms with Crippen LogP contribution in [-0.2, 0) is 14.3 Å². The molecular weight excluding hydrogens is 587 g/mol. The Hall–Kier alpha value is -4.69. The lowest BCUT2D eigenvalue weighted by molar-refractivity contribution is 0.102. The number of nitrogens with one attached hydrogen (secondary N) is 1. The van der Waals surface area contributed by atoms with Gasteiger partial charge in [0.25, 0.3) is 16.0 Å². The maximum Gasteiger partial charge on any atom is 0.297 e. The first-order valence-electron chi connectivity index (χ1n) is 14.1. The molecule has 44 heavy (non-hydrogen) atoms. The first-order valence-corrected chi connectivity index (χ1v) is 15.5. The number of carbonyl (C=O) groups excluding carboxylic acids is 1. The van der Waals surface area contributed by atoms with E-state index in [0.717, 1.165) is 11.4 Å². The van der Waals surface area contributed by atoms with Crippen LogP contribution in [-0.4, -0.2) is 79.1 Å². The van der Waals surface area contributed by atoms with Crippen molar-refractivity contribution in [3.05, 3.63) is 90.3 Å². The number of aryl methyl sites for hydroxylation is 1. The lowest BCUT2D eigenvalue weighted by Gasteiger charge is -2.40. The molecule has 4 aromatic rings. The molecule has 1 aromatic carbocycles. The van der Waals surface area contributed by atoms with Gasteiger partial charge in [-0.1, -0.05) is 17.7 Å². The predicted octanol–water partition coefficient (Wildman–Crippen LogP) is 3.28. The minimum absolute atomic E-state index is 0.0893. The van der Waals surface area contributed by atoms with E-state index < -0.39 is 16.2 Å². The van der Waals surface area contributed by atoms with Crippen LogP contribution in [0.25, 0.3) is 0 Å². The van der Waals surface area contributed by atoms with Crippen LogP contribution in [0.4, 0.5) is 27.7 Å². The molecule has 2 saturated heterocycles. The van der Waals surface area contributed by atoms with Gasteiger partial charge in [-0.25, -0.2) is 24.3 Å². The average molecular weight is 619 g/mol. The molecule has 12 nitrogen and oxygen atoms in total. The smallest absolute Gasteiger partial charge is 0.297 e. The van der Waals surface area contributed by atoms with E-state index in [2.05, 4.69) is 42.0 Å². The summed E-state index contributed by atoms with van der Waals surface area (Å²) in [6.45, 7) is 6.71. The van der Waals surface area contributed by atoms with Gasteiger partial charge in [0.15, 0.2) is 0 Å². The minimum atomic E-state index is -3.84. The van der Waals surface area contributed by atoms with Gasteiger partial charge in [0.05, 0.1) is 34.7 Å². The van der Waals surface area contributed by atoms with E-state index in [-0.39, 0.29) is 22.7 Å². The summed E-state index contributed by atoms with van der Waals surface area (Å²) in [6.07, 6.45) is 5.33. The Morgan fingerprint density at radius 1 is 0.864 bits per heavy atom. The Bertz CT molecular complexity index is 1720. The summed E-state index contributed by atoms with van der Waals surface area (Å²) in [5, 5.41) is 2.79. The van der Waals surface area contributed by atoms with Crippen LogP contribution in [0.2, 0.25) is 0 Å². The molecule has 6 rings (SSSR count). The van der Waals surface area contributed by atoms with Gasteiger partial charge in [0.1, 0.15) is 23.6 Å². The number of nitrogens with zero attached hydrogens (tertiary/aromatic N) is 7. The maximum atomic E-state index is 13.2. The van der Waals surface area contributed by atoms with Gasteiger partial charge in [-0.15, -0.1) is 0 Å². The van der Waals surface area contributed by atoms with Crippen molar-refractivity contribution >= 4 is 39.3 Å². The highest BCUT2D eigenvalue weighted by Crippen LogP contribution is 2.25. The van der Waals surface area contributed by atoms with Crippen LogP contribution < -0.4 is 20.0 Å². The number of halogens is 1. The molecule has 0 radical (unpaired) electrons. The number of amides is 1. The van der Waals surface area contributed by atoms with Crippen molar-refractivity contribution in [1.29, 1.82) is 0 Å². The van der Waals surface area contributed by atoms with Crippen molar-refractivity contribution in [1.82, 2.24) is 19.9 Å². The van der Waals surface area contributed by atoms with E-state index in [9.17, 15) is 17.6 Å². The SMILES string of the molecule is Cc1ccc(S(=O)(=O)OC2CN(c3ccc(C(=O)Nc4cnc(N5CCN(c6ccc(F)cn6)C[C@H]5C)nc4)cn3)C2)cc1. The molecule has 0 aliphatic carbocycles. The molecule has 2 fully saturated rings. The number of anilines is 4. The Balaban J connectivity index is 0.989. The van der Waals surface area contributed by atoms with Crippen LogP contribution >= 0.6 is 0 Å². The largest absolute Gasteiger partial charge is 0.353 e. The monoisotopic (exact) mass is 618 g/mol. The molecule has 0 spiro atoms. The van der Waals surface area contributed by atoms with Gasteiger partial charge in [-0.2, -0.15) is 8.42 Å². The quantitative estimate of drug-likeness (QED) is 0.292. The van der Waals surface area contributed by atoms with Crippen LogP contribution in [0.1, 0.15) is 22.8 Å². The van der Waals surface area contributed by atoms with Crippen LogP contribution in [0, 0.1) is 12.7 Å². The molecule has 1 atom stereocenters. The number of piperazine rings is 1. The van der Waals surface area contributed by atoms with E-state index >= 15 is 0 Å². The molecule has 0 saturated carbocycles. The van der Waals surface area contributed by atoms with E-state index in [0.29, 0.717) is 55.7 Å². The third-order valence-corrected chi connectivity index (χ3v) is 8.95. The molecule has 1 N–H and O–H groups in total. The third kappa shape index (κ3) is 6.45. The van der Waals surface area contributed by atoms with Gasteiger partial charge >= 0.3 is 0 Å². The van der Waals surface area contributed by atoms with Crippen molar-refractivity contribution < 1.29 is 21.8 Å². The Kier molecular flexibility index (Phi) is 8.10. The first kappa shape index (κ1) is 29.4. The molecule has 0 bridgehead atoms. The summed E-state index contributed by atoms with van der Waals surface area (Å²) in [6, 6.07) is 13.1. The maximum absolute atomic E-state index is 13.2. The first-order chi connectivity index (χ1) is 21.1. The summed E-state index contributed by atoms with van der Waals surface area (Å²) in [5.41, 5.74) is 1.77. The number of rotatable bonds is 8. The number of aromatic nitrogens is 4. The topological polar surface area (TPSA) is 134 Å². The van der Waals surface area contributed by atoms with Crippen molar-refractivity contribution in [3.8, 4) is 0 Å². The second-order valence-electron chi connectivity index (χ2n) is 10.8. The van der Waals surface area contributed by atoms with Gasteiger partial charge in [0.2, 0.25) is 5.95 Å². The van der Waals surface area contributed by atoms with E-state index in [4.69, 9.17) is 4.18 Å². The molecule has 1 amide bonds.